The van der Waals surface area contributed by atoms with E-state index in [-0.39, 0.29) is 76.5 Å². The Morgan fingerprint density at radius 2 is 0.930 bits per heavy atom. The fourth-order valence-electron chi connectivity index (χ4n) is 5.76. The summed E-state index contributed by atoms with van der Waals surface area (Å²) < 4.78 is 167. The molecular weight excluding hydrogens is 520 g/mol. The first kappa shape index (κ1) is 12.3. The Balaban J connectivity index is 1.56. The molecule has 1 heteroatoms. The van der Waals surface area contributed by atoms with Gasteiger partial charge < -0.3 is 4.42 Å². The fourth-order valence-corrected chi connectivity index (χ4v) is 5.76. The zero-order chi connectivity index (χ0) is 44.0. The molecule has 0 aliphatic carbocycles. The third-order valence-corrected chi connectivity index (χ3v) is 7.59. The minimum Gasteiger partial charge on any atom is -0.456 e. The number of hydrogen-bond acceptors (Lipinski definition) is 1. The van der Waals surface area contributed by atoms with Gasteiger partial charge >= 0.3 is 0 Å². The zero-order valence-electron chi connectivity index (χ0n) is 40.0. The lowest BCUT2D eigenvalue weighted by Crippen LogP contribution is -1.92. The molecule has 0 atom stereocenters. The highest BCUT2D eigenvalue weighted by Crippen LogP contribution is 2.46. The molecule has 9 rings (SSSR count). The first-order chi connectivity index (χ1) is 28.8. The molecule has 1 nitrogen and oxygen atoms in total. The normalized spacial score (nSPS) is 17.6. The summed E-state index contributed by atoms with van der Waals surface area (Å²) in [5.41, 5.74) is -0.523. The summed E-state index contributed by atoms with van der Waals surface area (Å²) in [6, 6.07) is 1.19. The SMILES string of the molecule is [2H]c1c([2H])c([2H])c2c(oc3ccc(-c4c([2H])c([2H])c([2H])c5c(-c6c7c([2H])c([2H])c([2H])c([2H])c7c(-c7ccccc7)c7c([2H])c([2H])c([2H])c([2H])c67)c([2H])c([2H])c([2H])c45)cc32)c1[2H]. The van der Waals surface area contributed by atoms with Crippen LogP contribution in [-0.2, 0) is 0 Å². The summed E-state index contributed by atoms with van der Waals surface area (Å²) in [4.78, 5) is 0. The van der Waals surface area contributed by atoms with E-state index in [1.165, 1.54) is 18.2 Å². The molecule has 8 aromatic carbocycles. The summed E-state index contributed by atoms with van der Waals surface area (Å²) in [6.45, 7) is 0. The summed E-state index contributed by atoms with van der Waals surface area (Å²) in [5, 5.41) is -1.46. The maximum Gasteiger partial charge on any atom is 0.135 e. The second-order valence-corrected chi connectivity index (χ2v) is 9.88. The third-order valence-electron chi connectivity index (χ3n) is 7.59. The van der Waals surface area contributed by atoms with E-state index >= 15 is 0 Å². The van der Waals surface area contributed by atoms with E-state index in [4.69, 9.17) is 16.8 Å². The van der Waals surface area contributed by atoms with Gasteiger partial charge in [-0.25, -0.2) is 0 Å². The van der Waals surface area contributed by atoms with Crippen LogP contribution in [0.2, 0.25) is 0 Å². The van der Waals surface area contributed by atoms with Crippen LogP contribution >= 0.6 is 0 Å². The molecule has 0 N–H and O–H groups in total. The van der Waals surface area contributed by atoms with E-state index in [0.29, 0.717) is 5.56 Å². The molecule has 1 aromatic heterocycles. The van der Waals surface area contributed by atoms with Crippen molar-refractivity contribution >= 4 is 54.3 Å². The Bertz CT molecular complexity index is 3420. The van der Waals surface area contributed by atoms with E-state index in [1.54, 1.807) is 30.3 Å². The van der Waals surface area contributed by atoms with Crippen LogP contribution < -0.4 is 0 Å². The predicted octanol–water partition coefficient (Wildman–Crippen LogP) is 12.0. The summed E-state index contributed by atoms with van der Waals surface area (Å²) >= 11 is 0. The Kier molecular flexibility index (Phi) is 2.70. The highest BCUT2D eigenvalue weighted by atomic mass is 16.3. The molecule has 1 heterocycles. The van der Waals surface area contributed by atoms with Crippen molar-refractivity contribution in [2.75, 3.05) is 0 Å². The van der Waals surface area contributed by atoms with Gasteiger partial charge in [0.2, 0.25) is 0 Å². The van der Waals surface area contributed by atoms with Crippen molar-refractivity contribution in [1.82, 2.24) is 0 Å². The van der Waals surface area contributed by atoms with Gasteiger partial charge in [-0.1, -0.05) is 139 Å². The van der Waals surface area contributed by atoms with E-state index < -0.39 is 114 Å². The Labute approximate surface area is 274 Å². The molecule has 0 saturated carbocycles. The van der Waals surface area contributed by atoms with Crippen molar-refractivity contribution in [3.63, 3.8) is 0 Å². The van der Waals surface area contributed by atoms with Crippen molar-refractivity contribution in [3.05, 3.63) is 157 Å². The van der Waals surface area contributed by atoms with Crippen LogP contribution in [0.25, 0.3) is 87.6 Å². The van der Waals surface area contributed by atoms with Gasteiger partial charge in [-0.3, -0.25) is 0 Å². The Morgan fingerprint density at radius 3 is 1.63 bits per heavy atom. The second kappa shape index (κ2) is 9.44. The monoisotopic (exact) mass is 564 g/mol. The predicted molar refractivity (Wildman–Crippen MR) is 183 cm³/mol. The highest BCUT2D eigenvalue weighted by molar-refractivity contribution is 6.24. The number of hydrogen-bond donors (Lipinski definition) is 0. The minimum atomic E-state index is -0.764. The number of furan rings is 1. The van der Waals surface area contributed by atoms with Crippen molar-refractivity contribution in [3.8, 4) is 33.4 Å². The van der Waals surface area contributed by atoms with E-state index in [1.807, 2.05) is 0 Å². The average molecular weight is 565 g/mol. The number of para-hydroxylation sites is 1. The first-order valence-electron chi connectivity index (χ1n) is 22.3. The van der Waals surface area contributed by atoms with E-state index in [9.17, 15) is 12.3 Å². The third kappa shape index (κ3) is 3.65. The van der Waals surface area contributed by atoms with Crippen LogP contribution in [0.5, 0.6) is 0 Å². The van der Waals surface area contributed by atoms with Crippen molar-refractivity contribution in [2.24, 2.45) is 0 Å². The van der Waals surface area contributed by atoms with Gasteiger partial charge in [-0.15, -0.1) is 0 Å². The molecule has 0 bridgehead atoms. The summed E-state index contributed by atoms with van der Waals surface area (Å²) in [6.07, 6.45) is 0. The van der Waals surface area contributed by atoms with Crippen LogP contribution in [0.4, 0.5) is 0 Å². The smallest absolute Gasteiger partial charge is 0.135 e. The van der Waals surface area contributed by atoms with Gasteiger partial charge in [-0.2, -0.15) is 0 Å². The van der Waals surface area contributed by atoms with Crippen LogP contribution in [0.15, 0.2) is 162 Å². The largest absolute Gasteiger partial charge is 0.456 e. The average Bonchev–Trinajstić information content (AvgIpc) is 3.65. The molecule has 0 aliphatic rings. The van der Waals surface area contributed by atoms with Gasteiger partial charge in [0.25, 0.3) is 0 Å². The molecule has 0 amide bonds. The summed E-state index contributed by atoms with van der Waals surface area (Å²) in [5.74, 6) is 0. The maximum atomic E-state index is 9.45. The zero-order valence-corrected chi connectivity index (χ0v) is 22.0. The maximum absolute atomic E-state index is 9.45. The molecule has 0 aliphatic heterocycles. The van der Waals surface area contributed by atoms with Crippen molar-refractivity contribution in [1.29, 1.82) is 0 Å². The first-order valence-corrected chi connectivity index (χ1v) is 13.3. The molecule has 9 aromatic rings. The quantitative estimate of drug-likeness (QED) is 0.195. The van der Waals surface area contributed by atoms with Gasteiger partial charge in [-0.05, 0) is 83.9 Å². The van der Waals surface area contributed by atoms with Gasteiger partial charge in [0.1, 0.15) is 11.2 Å². The van der Waals surface area contributed by atoms with E-state index in [2.05, 4.69) is 0 Å². The van der Waals surface area contributed by atoms with Crippen molar-refractivity contribution in [2.45, 2.75) is 0 Å². The van der Waals surface area contributed by atoms with Crippen LogP contribution in [0.1, 0.15) is 24.7 Å². The van der Waals surface area contributed by atoms with Crippen LogP contribution in [0, 0.1) is 0 Å². The molecule has 0 unspecified atom stereocenters. The summed E-state index contributed by atoms with van der Waals surface area (Å²) in [7, 11) is 0. The topological polar surface area (TPSA) is 13.1 Å². The minimum absolute atomic E-state index is 0.0167. The molecular formula is C42H26O. The van der Waals surface area contributed by atoms with Crippen LogP contribution in [-0.4, -0.2) is 0 Å². The standard InChI is InChI=1S/C42H26O/c1-2-12-27(13-3-1)41-34-15-4-6-17-36(34)42(37-18-7-5-16-35(37)41)33-22-11-20-30-29(19-10-21-31(30)33)28-24-25-40-38(26-28)32-14-8-9-23-39(32)43-40/h1-26H/i4D,5D,6D,7D,8D,9D,10D,11D,14D,15D,16D,17D,18D,19D,20D,21D,22D,23D. The molecule has 0 spiro atoms. The second-order valence-electron chi connectivity index (χ2n) is 9.88. The molecule has 0 saturated heterocycles. The van der Waals surface area contributed by atoms with Gasteiger partial charge in [0.05, 0.1) is 24.7 Å². The number of fused-ring (bicyclic) bond motifs is 6. The number of benzene rings is 8. The van der Waals surface area contributed by atoms with E-state index in [0.717, 1.165) is 0 Å². The lowest BCUT2D eigenvalue weighted by Gasteiger charge is -2.19. The number of rotatable bonds is 3. The molecule has 43 heavy (non-hydrogen) atoms. The fraction of sp³-hybridized carbons (Fsp3) is 0. The highest BCUT2D eigenvalue weighted by Gasteiger charge is 2.18. The Hall–Kier alpha value is -5.66. The molecule has 200 valence electrons. The Morgan fingerprint density at radius 1 is 0.372 bits per heavy atom. The van der Waals surface area contributed by atoms with Crippen LogP contribution in [0.3, 0.4) is 0 Å². The lowest BCUT2D eigenvalue weighted by atomic mass is 9.84. The van der Waals surface area contributed by atoms with Gasteiger partial charge in [0.15, 0.2) is 0 Å². The lowest BCUT2D eigenvalue weighted by molar-refractivity contribution is 0.669. The van der Waals surface area contributed by atoms with Gasteiger partial charge in [0, 0.05) is 10.8 Å². The van der Waals surface area contributed by atoms with Crippen molar-refractivity contribution < 1.29 is 29.1 Å². The molecule has 0 radical (unpaired) electrons. The molecule has 0 fully saturated rings.